The molecule has 0 radical (unpaired) electrons. The molecule has 5 nitrogen and oxygen atoms in total. The molecule has 0 atom stereocenters. The third kappa shape index (κ3) is 4.44. The highest BCUT2D eigenvalue weighted by Crippen LogP contribution is 2.38. The van der Waals surface area contributed by atoms with Crippen LogP contribution in [0.4, 0.5) is 5.69 Å². The van der Waals surface area contributed by atoms with Crippen molar-refractivity contribution in [1.82, 2.24) is 0 Å². The predicted octanol–water partition coefficient (Wildman–Crippen LogP) is 4.50. The summed E-state index contributed by atoms with van der Waals surface area (Å²) in [6, 6.07) is 16.5. The Morgan fingerprint density at radius 2 is 1.72 bits per heavy atom. The number of hydrogen-bond donors (Lipinski definition) is 2. The standard InChI is InChI=1S/C20H25N3O2/c21-20(22-24)13-3-1-2-8-14-23-15-16-9-4-6-11-18(16)25-19-12-7-5-10-17(19)23/h4-7,9-12,24H,1-3,8,13-15H2,(H2,21,22). The lowest BCUT2D eigenvalue weighted by Crippen LogP contribution is -2.23. The number of benzene rings is 2. The minimum Gasteiger partial charge on any atom is -0.455 e. The van der Waals surface area contributed by atoms with Gasteiger partial charge in [-0.3, -0.25) is 0 Å². The molecule has 2 aromatic rings. The number of para-hydroxylation sites is 3. The Balaban J connectivity index is 1.60. The van der Waals surface area contributed by atoms with Crippen LogP contribution in [0.25, 0.3) is 0 Å². The second-order valence-corrected chi connectivity index (χ2v) is 6.35. The number of anilines is 1. The Kier molecular flexibility index (Phi) is 5.77. The number of nitrogens with zero attached hydrogens (tertiary/aromatic N) is 2. The number of rotatable bonds is 7. The molecule has 0 bridgehead atoms. The van der Waals surface area contributed by atoms with E-state index < -0.39 is 0 Å². The molecule has 0 saturated carbocycles. The summed E-state index contributed by atoms with van der Waals surface area (Å²) in [7, 11) is 0. The van der Waals surface area contributed by atoms with Gasteiger partial charge in [0, 0.05) is 25.1 Å². The molecule has 3 rings (SSSR count). The number of hydrogen-bond acceptors (Lipinski definition) is 4. The van der Waals surface area contributed by atoms with Crippen LogP contribution in [-0.4, -0.2) is 17.6 Å². The third-order valence-corrected chi connectivity index (χ3v) is 4.50. The zero-order valence-electron chi connectivity index (χ0n) is 14.4. The van der Waals surface area contributed by atoms with Gasteiger partial charge in [-0.05, 0) is 31.0 Å². The average molecular weight is 339 g/mol. The second kappa shape index (κ2) is 8.42. The van der Waals surface area contributed by atoms with Gasteiger partial charge < -0.3 is 20.6 Å². The minimum absolute atomic E-state index is 0.315. The molecule has 25 heavy (non-hydrogen) atoms. The van der Waals surface area contributed by atoms with E-state index in [0.717, 1.165) is 56.0 Å². The van der Waals surface area contributed by atoms with Crippen LogP contribution in [0.1, 0.15) is 37.7 Å². The predicted molar refractivity (Wildman–Crippen MR) is 101 cm³/mol. The summed E-state index contributed by atoms with van der Waals surface area (Å²) in [5, 5.41) is 11.6. The first-order valence-electron chi connectivity index (χ1n) is 8.84. The molecular formula is C20H25N3O2. The number of unbranched alkanes of at least 4 members (excludes halogenated alkanes) is 3. The van der Waals surface area contributed by atoms with Crippen LogP contribution >= 0.6 is 0 Å². The molecule has 0 unspecified atom stereocenters. The van der Waals surface area contributed by atoms with Crippen molar-refractivity contribution >= 4 is 11.5 Å². The molecule has 0 fully saturated rings. The first-order valence-corrected chi connectivity index (χ1v) is 8.84. The Hall–Kier alpha value is -2.69. The lowest BCUT2D eigenvalue weighted by molar-refractivity contribution is 0.316. The van der Waals surface area contributed by atoms with E-state index in [2.05, 4.69) is 34.3 Å². The van der Waals surface area contributed by atoms with Gasteiger partial charge in [0.25, 0.3) is 0 Å². The van der Waals surface area contributed by atoms with Crippen molar-refractivity contribution in [3.63, 3.8) is 0 Å². The lowest BCUT2D eigenvalue weighted by atomic mass is 10.1. The van der Waals surface area contributed by atoms with Crippen LogP contribution in [0.3, 0.4) is 0 Å². The van der Waals surface area contributed by atoms with Gasteiger partial charge in [0.15, 0.2) is 5.75 Å². The van der Waals surface area contributed by atoms with Crippen LogP contribution < -0.4 is 15.4 Å². The maximum atomic E-state index is 8.55. The number of fused-ring (bicyclic) bond motifs is 2. The highest BCUT2D eigenvalue weighted by molar-refractivity contribution is 5.79. The molecule has 1 aliphatic rings. The molecule has 0 spiro atoms. The van der Waals surface area contributed by atoms with Crippen molar-refractivity contribution in [2.45, 2.75) is 38.6 Å². The van der Waals surface area contributed by atoms with Crippen LogP contribution in [-0.2, 0) is 6.54 Å². The fraction of sp³-hybridized carbons (Fsp3) is 0.350. The lowest BCUT2D eigenvalue weighted by Gasteiger charge is -2.24. The summed E-state index contributed by atoms with van der Waals surface area (Å²) in [6.07, 6.45) is 4.92. The van der Waals surface area contributed by atoms with Crippen molar-refractivity contribution in [3.05, 3.63) is 54.1 Å². The molecule has 0 aliphatic carbocycles. The number of ether oxygens (including phenoxy) is 1. The Morgan fingerprint density at radius 1 is 1.00 bits per heavy atom. The highest BCUT2D eigenvalue weighted by Gasteiger charge is 2.19. The van der Waals surface area contributed by atoms with E-state index in [1.54, 1.807) is 0 Å². The number of oxime groups is 1. The van der Waals surface area contributed by atoms with Crippen molar-refractivity contribution in [2.24, 2.45) is 10.9 Å². The molecule has 0 amide bonds. The molecule has 5 heteroatoms. The zero-order valence-corrected chi connectivity index (χ0v) is 14.4. The summed E-state index contributed by atoms with van der Waals surface area (Å²) < 4.78 is 6.12. The van der Waals surface area contributed by atoms with Crippen molar-refractivity contribution in [1.29, 1.82) is 0 Å². The molecule has 0 saturated heterocycles. The van der Waals surface area contributed by atoms with Crippen molar-refractivity contribution in [3.8, 4) is 11.5 Å². The number of nitrogens with two attached hydrogens (primary N) is 1. The van der Waals surface area contributed by atoms with Gasteiger partial charge in [0.2, 0.25) is 0 Å². The van der Waals surface area contributed by atoms with E-state index in [0.29, 0.717) is 12.3 Å². The van der Waals surface area contributed by atoms with Crippen LogP contribution in [0, 0.1) is 0 Å². The molecule has 0 aromatic heterocycles. The second-order valence-electron chi connectivity index (χ2n) is 6.35. The largest absolute Gasteiger partial charge is 0.455 e. The summed E-state index contributed by atoms with van der Waals surface area (Å²) in [5.41, 5.74) is 7.86. The van der Waals surface area contributed by atoms with Gasteiger partial charge in [0.1, 0.15) is 11.6 Å². The SMILES string of the molecule is N/C(CCCCCCN1Cc2ccccc2Oc2ccccc21)=N\O. The maximum Gasteiger partial charge on any atom is 0.150 e. The van der Waals surface area contributed by atoms with Gasteiger partial charge in [0.05, 0.1) is 5.69 Å². The van der Waals surface area contributed by atoms with E-state index in [1.807, 2.05) is 24.3 Å². The highest BCUT2D eigenvalue weighted by atomic mass is 16.5. The number of amidine groups is 1. The van der Waals surface area contributed by atoms with E-state index in [4.69, 9.17) is 15.7 Å². The quantitative estimate of drug-likeness (QED) is 0.256. The fourth-order valence-corrected chi connectivity index (χ4v) is 3.16. The van der Waals surface area contributed by atoms with Crippen LogP contribution in [0.2, 0.25) is 0 Å². The first-order chi connectivity index (χ1) is 12.3. The Morgan fingerprint density at radius 3 is 2.56 bits per heavy atom. The monoisotopic (exact) mass is 339 g/mol. The minimum atomic E-state index is 0.315. The molecular weight excluding hydrogens is 314 g/mol. The van der Waals surface area contributed by atoms with Crippen molar-refractivity contribution in [2.75, 3.05) is 11.4 Å². The molecule has 2 aromatic carbocycles. The fourth-order valence-electron chi connectivity index (χ4n) is 3.16. The van der Waals surface area contributed by atoms with Gasteiger partial charge >= 0.3 is 0 Å². The summed E-state index contributed by atoms with van der Waals surface area (Å²) in [5.74, 6) is 2.17. The summed E-state index contributed by atoms with van der Waals surface area (Å²) in [4.78, 5) is 2.39. The topological polar surface area (TPSA) is 71.1 Å². The van der Waals surface area contributed by atoms with E-state index in [9.17, 15) is 0 Å². The van der Waals surface area contributed by atoms with Gasteiger partial charge in [-0.2, -0.15) is 0 Å². The van der Waals surface area contributed by atoms with Crippen LogP contribution in [0.5, 0.6) is 11.5 Å². The maximum absolute atomic E-state index is 8.55. The molecule has 3 N–H and O–H groups in total. The summed E-state index contributed by atoms with van der Waals surface area (Å²) >= 11 is 0. The Bertz CT molecular complexity index is 730. The third-order valence-electron chi connectivity index (χ3n) is 4.50. The van der Waals surface area contributed by atoms with E-state index >= 15 is 0 Å². The first kappa shape index (κ1) is 17.1. The molecule has 1 aliphatic heterocycles. The van der Waals surface area contributed by atoms with E-state index in [-0.39, 0.29) is 0 Å². The van der Waals surface area contributed by atoms with Gasteiger partial charge in [-0.15, -0.1) is 0 Å². The van der Waals surface area contributed by atoms with Gasteiger partial charge in [-0.25, -0.2) is 0 Å². The smallest absolute Gasteiger partial charge is 0.150 e. The summed E-state index contributed by atoms with van der Waals surface area (Å²) in [6.45, 7) is 1.84. The molecule has 132 valence electrons. The van der Waals surface area contributed by atoms with E-state index in [1.165, 1.54) is 5.56 Å². The Labute approximate surface area is 148 Å². The van der Waals surface area contributed by atoms with Crippen LogP contribution in [0.15, 0.2) is 53.7 Å². The van der Waals surface area contributed by atoms with Crippen molar-refractivity contribution < 1.29 is 9.94 Å². The normalized spacial score (nSPS) is 13.6. The van der Waals surface area contributed by atoms with Gasteiger partial charge in [-0.1, -0.05) is 48.3 Å². The zero-order chi connectivity index (χ0) is 17.5. The molecule has 1 heterocycles. The average Bonchev–Trinajstić information content (AvgIpc) is 2.80.